The molecule has 9 heteroatoms. The molecule has 0 spiro atoms. The van der Waals surface area contributed by atoms with E-state index in [1.807, 2.05) is 29.8 Å². The molecular weight excluding hydrogens is 376 g/mol. The molecule has 0 atom stereocenters. The fourth-order valence-electron chi connectivity index (χ4n) is 3.20. The van der Waals surface area contributed by atoms with Crippen LogP contribution in [0.4, 0.5) is 4.79 Å². The SMILES string of the molecule is Cc1nc(-c2nc3c(s2)CCOc2cc(CNC(N)=O)ccc2-3)n(C(C)C)n1. The third kappa shape index (κ3) is 3.45. The number of aromatic nitrogens is 4. The second-order valence-corrected chi connectivity index (χ2v) is 8.04. The van der Waals surface area contributed by atoms with Gasteiger partial charge in [0.2, 0.25) is 0 Å². The highest BCUT2D eigenvalue weighted by atomic mass is 32.1. The molecule has 8 nitrogen and oxygen atoms in total. The molecule has 146 valence electrons. The number of hydrogen-bond donors (Lipinski definition) is 2. The molecule has 0 saturated carbocycles. The minimum atomic E-state index is -0.549. The number of nitrogens with one attached hydrogen (secondary N) is 1. The molecule has 3 aromatic rings. The van der Waals surface area contributed by atoms with Gasteiger partial charge < -0.3 is 15.8 Å². The molecule has 0 bridgehead atoms. The topological polar surface area (TPSA) is 108 Å². The van der Waals surface area contributed by atoms with E-state index < -0.39 is 6.03 Å². The summed E-state index contributed by atoms with van der Waals surface area (Å²) in [7, 11) is 0. The lowest BCUT2D eigenvalue weighted by Gasteiger charge is -2.10. The third-order valence-corrected chi connectivity index (χ3v) is 5.58. The summed E-state index contributed by atoms with van der Waals surface area (Å²) in [5, 5.41) is 7.97. The summed E-state index contributed by atoms with van der Waals surface area (Å²) < 4.78 is 7.86. The van der Waals surface area contributed by atoms with E-state index in [2.05, 4.69) is 29.2 Å². The maximum absolute atomic E-state index is 11.0. The Kier molecular flexibility index (Phi) is 4.76. The first-order valence-corrected chi connectivity index (χ1v) is 9.96. The number of urea groups is 1. The number of nitrogens with zero attached hydrogens (tertiary/aromatic N) is 4. The van der Waals surface area contributed by atoms with Gasteiger partial charge in [-0.25, -0.2) is 19.4 Å². The number of thiazole rings is 1. The van der Waals surface area contributed by atoms with Crippen molar-refractivity contribution in [2.75, 3.05) is 6.61 Å². The van der Waals surface area contributed by atoms with Crippen LogP contribution >= 0.6 is 11.3 Å². The van der Waals surface area contributed by atoms with Crippen LogP contribution in [0.2, 0.25) is 0 Å². The van der Waals surface area contributed by atoms with E-state index in [1.54, 1.807) is 11.3 Å². The van der Waals surface area contributed by atoms with E-state index in [0.29, 0.717) is 13.2 Å². The molecule has 1 aliphatic heterocycles. The number of aryl methyl sites for hydroxylation is 1. The zero-order valence-corrected chi connectivity index (χ0v) is 16.8. The van der Waals surface area contributed by atoms with Gasteiger partial charge in [0.05, 0.1) is 12.3 Å². The normalized spacial score (nSPS) is 12.9. The molecule has 3 heterocycles. The highest BCUT2D eigenvalue weighted by Gasteiger charge is 2.24. The average molecular weight is 398 g/mol. The summed E-state index contributed by atoms with van der Waals surface area (Å²) >= 11 is 1.64. The Morgan fingerprint density at radius 1 is 1.39 bits per heavy atom. The lowest BCUT2D eigenvalue weighted by Crippen LogP contribution is -2.28. The van der Waals surface area contributed by atoms with Crippen LogP contribution in [0.5, 0.6) is 5.75 Å². The highest BCUT2D eigenvalue weighted by Crippen LogP contribution is 2.40. The summed E-state index contributed by atoms with van der Waals surface area (Å²) in [4.78, 5) is 21.6. The quantitative estimate of drug-likeness (QED) is 0.702. The number of nitrogens with two attached hydrogens (primary N) is 1. The highest BCUT2D eigenvalue weighted by molar-refractivity contribution is 7.15. The summed E-state index contributed by atoms with van der Waals surface area (Å²) in [5.41, 5.74) is 7.96. The van der Waals surface area contributed by atoms with Crippen molar-refractivity contribution in [3.8, 4) is 27.8 Å². The number of carbonyl (C=O) groups is 1. The molecule has 4 rings (SSSR count). The number of carbonyl (C=O) groups excluding carboxylic acids is 1. The van der Waals surface area contributed by atoms with E-state index in [9.17, 15) is 4.79 Å². The van der Waals surface area contributed by atoms with E-state index in [4.69, 9.17) is 15.5 Å². The number of amides is 2. The first-order chi connectivity index (χ1) is 13.4. The van der Waals surface area contributed by atoms with Crippen molar-refractivity contribution in [1.82, 2.24) is 25.1 Å². The van der Waals surface area contributed by atoms with Crippen molar-refractivity contribution in [3.63, 3.8) is 0 Å². The lowest BCUT2D eigenvalue weighted by atomic mass is 10.1. The Hall–Kier alpha value is -2.94. The van der Waals surface area contributed by atoms with Crippen LogP contribution in [0.25, 0.3) is 22.1 Å². The fourth-order valence-corrected chi connectivity index (χ4v) is 4.24. The number of benzene rings is 1. The van der Waals surface area contributed by atoms with Gasteiger partial charge in [0.25, 0.3) is 0 Å². The number of rotatable bonds is 4. The summed E-state index contributed by atoms with van der Waals surface area (Å²) in [6, 6.07) is 5.52. The zero-order valence-electron chi connectivity index (χ0n) is 16.0. The molecule has 28 heavy (non-hydrogen) atoms. The van der Waals surface area contributed by atoms with Crippen LogP contribution in [0.15, 0.2) is 18.2 Å². The van der Waals surface area contributed by atoms with Gasteiger partial charge in [-0.3, -0.25) is 0 Å². The van der Waals surface area contributed by atoms with Crippen LogP contribution in [-0.4, -0.2) is 32.4 Å². The standard InChI is InChI=1S/C19H22N6O2S/c1-10(2)25-17(22-11(3)24-25)18-23-16-13-5-4-12(9-21-19(20)26)8-14(13)27-7-6-15(16)28-18/h4-5,8,10H,6-7,9H2,1-3H3,(H3,20,21,26). The third-order valence-electron chi connectivity index (χ3n) is 4.47. The number of fused-ring (bicyclic) bond motifs is 3. The van der Waals surface area contributed by atoms with Gasteiger partial charge >= 0.3 is 6.03 Å². The molecule has 0 fully saturated rings. The Labute approximate surface area is 166 Å². The summed E-state index contributed by atoms with van der Waals surface area (Å²) in [6.45, 7) is 7.00. The van der Waals surface area contributed by atoms with E-state index in [-0.39, 0.29) is 6.04 Å². The predicted octanol–water partition coefficient (Wildman–Crippen LogP) is 3.06. The molecular formula is C19H22N6O2S. The summed E-state index contributed by atoms with van der Waals surface area (Å²) in [5.74, 6) is 2.31. The van der Waals surface area contributed by atoms with Gasteiger partial charge in [-0.1, -0.05) is 6.07 Å². The minimum Gasteiger partial charge on any atom is -0.492 e. The van der Waals surface area contributed by atoms with E-state index in [1.165, 1.54) is 4.88 Å². The molecule has 3 N–H and O–H groups in total. The van der Waals surface area contributed by atoms with Gasteiger partial charge in [-0.15, -0.1) is 11.3 Å². The number of hydrogen-bond acceptors (Lipinski definition) is 6. The largest absolute Gasteiger partial charge is 0.492 e. The molecule has 2 aromatic heterocycles. The summed E-state index contributed by atoms with van der Waals surface area (Å²) in [6.07, 6.45) is 0.783. The second kappa shape index (κ2) is 7.23. The van der Waals surface area contributed by atoms with Crippen molar-refractivity contribution in [2.45, 2.75) is 39.8 Å². The van der Waals surface area contributed by atoms with Crippen LogP contribution in [0, 0.1) is 6.92 Å². The Morgan fingerprint density at radius 2 is 2.21 bits per heavy atom. The molecule has 0 unspecified atom stereocenters. The minimum absolute atomic E-state index is 0.204. The monoisotopic (exact) mass is 398 g/mol. The van der Waals surface area contributed by atoms with Crippen LogP contribution in [0.3, 0.4) is 0 Å². The Morgan fingerprint density at radius 3 is 2.96 bits per heavy atom. The molecule has 2 amide bonds. The van der Waals surface area contributed by atoms with Crippen molar-refractivity contribution in [3.05, 3.63) is 34.5 Å². The van der Waals surface area contributed by atoms with Crippen molar-refractivity contribution < 1.29 is 9.53 Å². The predicted molar refractivity (Wildman–Crippen MR) is 107 cm³/mol. The van der Waals surface area contributed by atoms with E-state index >= 15 is 0 Å². The number of ether oxygens (including phenoxy) is 1. The molecule has 0 radical (unpaired) electrons. The maximum Gasteiger partial charge on any atom is 0.312 e. The molecule has 1 aromatic carbocycles. The van der Waals surface area contributed by atoms with Gasteiger partial charge in [-0.2, -0.15) is 5.10 Å². The van der Waals surface area contributed by atoms with Crippen molar-refractivity contribution in [2.24, 2.45) is 5.73 Å². The van der Waals surface area contributed by atoms with Crippen LogP contribution in [-0.2, 0) is 13.0 Å². The first-order valence-electron chi connectivity index (χ1n) is 9.15. The van der Waals surface area contributed by atoms with Gasteiger partial charge in [0, 0.05) is 29.4 Å². The molecule has 1 aliphatic rings. The van der Waals surface area contributed by atoms with Crippen molar-refractivity contribution in [1.29, 1.82) is 0 Å². The van der Waals surface area contributed by atoms with Gasteiger partial charge in [-0.05, 0) is 38.5 Å². The Bertz CT molecular complexity index is 1040. The van der Waals surface area contributed by atoms with Gasteiger partial charge in [0.15, 0.2) is 10.8 Å². The molecule has 0 aliphatic carbocycles. The smallest absolute Gasteiger partial charge is 0.312 e. The maximum atomic E-state index is 11.0. The van der Waals surface area contributed by atoms with Crippen LogP contribution < -0.4 is 15.8 Å². The zero-order chi connectivity index (χ0) is 19.8. The average Bonchev–Trinajstić information content (AvgIpc) is 3.20. The second-order valence-electron chi connectivity index (χ2n) is 6.96. The first kappa shape index (κ1) is 18.4. The van der Waals surface area contributed by atoms with E-state index in [0.717, 1.165) is 45.6 Å². The van der Waals surface area contributed by atoms with Gasteiger partial charge in [0.1, 0.15) is 11.6 Å². The number of primary amides is 1. The molecule has 0 saturated heterocycles. The fraction of sp³-hybridized carbons (Fsp3) is 0.368. The Balaban J connectivity index is 1.74. The lowest BCUT2D eigenvalue weighted by molar-refractivity contribution is 0.248. The van der Waals surface area contributed by atoms with Crippen LogP contribution in [0.1, 0.15) is 36.2 Å². The van der Waals surface area contributed by atoms with Crippen molar-refractivity contribution >= 4 is 17.4 Å².